The summed E-state index contributed by atoms with van der Waals surface area (Å²) in [7, 11) is 0. The molecule has 0 aliphatic heterocycles. The molecular formula is C14H19NO4. The molecule has 1 aromatic rings. The zero-order valence-corrected chi connectivity index (χ0v) is 11.4. The summed E-state index contributed by atoms with van der Waals surface area (Å²) in [5.74, 6) is -1.43. The first kappa shape index (κ1) is 15.2. The number of para-hydroxylation sites is 1. The Balaban J connectivity index is 2.80. The van der Waals surface area contributed by atoms with Gasteiger partial charge in [-0.25, -0.2) is 0 Å². The van der Waals surface area contributed by atoms with Gasteiger partial charge >= 0.3 is 5.97 Å². The first-order chi connectivity index (χ1) is 8.79. The van der Waals surface area contributed by atoms with Gasteiger partial charge in [-0.2, -0.15) is 0 Å². The van der Waals surface area contributed by atoms with Crippen LogP contribution in [0.25, 0.3) is 0 Å². The average molecular weight is 265 g/mol. The maximum absolute atomic E-state index is 12.1. The van der Waals surface area contributed by atoms with Gasteiger partial charge in [0.1, 0.15) is 13.2 Å². The van der Waals surface area contributed by atoms with E-state index in [1.807, 2.05) is 20.8 Å². The van der Waals surface area contributed by atoms with Crippen molar-refractivity contribution in [2.45, 2.75) is 26.4 Å². The van der Waals surface area contributed by atoms with Crippen LogP contribution in [0.5, 0.6) is 0 Å². The number of carboxylic acid groups (broad SMARTS) is 1. The van der Waals surface area contributed by atoms with Gasteiger partial charge in [-0.1, -0.05) is 18.2 Å². The molecule has 0 bridgehead atoms. The fourth-order valence-electron chi connectivity index (χ4n) is 1.42. The number of rotatable bonds is 5. The number of carbonyl (C=O) groups is 2. The third-order valence-electron chi connectivity index (χ3n) is 2.29. The molecule has 104 valence electrons. The molecule has 0 atom stereocenters. The Morgan fingerprint density at radius 3 is 2.26 bits per heavy atom. The van der Waals surface area contributed by atoms with Gasteiger partial charge in [0.25, 0.3) is 5.91 Å². The number of hydrogen-bond donors (Lipinski definition) is 1. The summed E-state index contributed by atoms with van der Waals surface area (Å²) in [4.78, 5) is 24.1. The van der Waals surface area contributed by atoms with E-state index >= 15 is 0 Å². The highest BCUT2D eigenvalue weighted by molar-refractivity contribution is 5.98. The molecule has 1 N–H and O–H groups in total. The van der Waals surface area contributed by atoms with E-state index in [9.17, 15) is 9.59 Å². The molecular weight excluding hydrogens is 246 g/mol. The quantitative estimate of drug-likeness (QED) is 0.883. The second-order valence-electron chi connectivity index (χ2n) is 5.11. The molecule has 0 aliphatic rings. The molecule has 1 amide bonds. The molecule has 0 radical (unpaired) electrons. The number of aliphatic carboxylic acids is 1. The molecule has 5 nitrogen and oxygen atoms in total. The number of amides is 1. The summed E-state index contributed by atoms with van der Waals surface area (Å²) in [5.41, 5.74) is 0.105. The van der Waals surface area contributed by atoms with Crippen LogP contribution in [0.4, 0.5) is 5.69 Å². The van der Waals surface area contributed by atoms with Gasteiger partial charge in [0, 0.05) is 5.69 Å². The predicted molar refractivity (Wildman–Crippen MR) is 72.1 cm³/mol. The zero-order chi connectivity index (χ0) is 14.5. The summed E-state index contributed by atoms with van der Waals surface area (Å²) < 4.78 is 5.39. The van der Waals surface area contributed by atoms with Gasteiger partial charge in [-0.3, -0.25) is 14.5 Å². The lowest BCUT2D eigenvalue weighted by atomic mass is 10.2. The van der Waals surface area contributed by atoms with Crippen molar-refractivity contribution in [1.82, 2.24) is 0 Å². The molecule has 19 heavy (non-hydrogen) atoms. The molecule has 0 spiro atoms. The van der Waals surface area contributed by atoms with Gasteiger partial charge in [-0.05, 0) is 32.9 Å². The Morgan fingerprint density at radius 2 is 1.79 bits per heavy atom. The zero-order valence-electron chi connectivity index (χ0n) is 11.4. The first-order valence-electron chi connectivity index (χ1n) is 6.01. The second kappa shape index (κ2) is 6.33. The predicted octanol–water partition coefficient (Wildman–Crippen LogP) is 1.92. The molecule has 1 aromatic carbocycles. The molecule has 5 heteroatoms. The normalized spacial score (nSPS) is 11.1. The number of carbonyl (C=O) groups excluding carboxylic acids is 1. The van der Waals surface area contributed by atoms with Crippen molar-refractivity contribution in [2.75, 3.05) is 18.1 Å². The summed E-state index contributed by atoms with van der Waals surface area (Å²) in [6, 6.07) is 8.69. The molecule has 0 aromatic heterocycles. The van der Waals surface area contributed by atoms with Crippen LogP contribution in [-0.4, -0.2) is 35.7 Å². The van der Waals surface area contributed by atoms with Gasteiger partial charge in [0.2, 0.25) is 0 Å². The Bertz CT molecular complexity index is 437. The maximum atomic E-state index is 12.1. The molecule has 0 heterocycles. The molecule has 0 unspecified atom stereocenters. The first-order valence-corrected chi connectivity index (χ1v) is 6.01. The van der Waals surface area contributed by atoms with Crippen LogP contribution in [0.3, 0.4) is 0 Å². The van der Waals surface area contributed by atoms with Gasteiger partial charge in [0.15, 0.2) is 0 Å². The van der Waals surface area contributed by atoms with E-state index in [0.717, 1.165) is 0 Å². The molecule has 0 fully saturated rings. The molecule has 0 aliphatic carbocycles. The smallest absolute Gasteiger partial charge is 0.323 e. The molecule has 1 rings (SSSR count). The van der Waals surface area contributed by atoms with Crippen LogP contribution in [0.15, 0.2) is 30.3 Å². The Hall–Kier alpha value is -1.88. The van der Waals surface area contributed by atoms with E-state index in [2.05, 4.69) is 0 Å². The third kappa shape index (κ3) is 5.52. The minimum Gasteiger partial charge on any atom is -0.480 e. The van der Waals surface area contributed by atoms with E-state index in [4.69, 9.17) is 9.84 Å². The number of nitrogens with zero attached hydrogens (tertiary/aromatic N) is 1. The van der Waals surface area contributed by atoms with E-state index in [-0.39, 0.29) is 19.1 Å². The van der Waals surface area contributed by atoms with Crippen molar-refractivity contribution >= 4 is 17.6 Å². The summed E-state index contributed by atoms with van der Waals surface area (Å²) in [6.45, 7) is 4.99. The number of ether oxygens (including phenoxy) is 1. The molecule has 0 saturated carbocycles. The van der Waals surface area contributed by atoms with E-state index in [1.165, 1.54) is 4.90 Å². The van der Waals surface area contributed by atoms with Gasteiger partial charge < -0.3 is 9.84 Å². The number of hydrogen-bond acceptors (Lipinski definition) is 3. The highest BCUT2D eigenvalue weighted by Gasteiger charge is 2.21. The van der Waals surface area contributed by atoms with Crippen molar-refractivity contribution < 1.29 is 19.4 Å². The topological polar surface area (TPSA) is 66.8 Å². The standard InChI is InChI=1S/C14H19NO4/c1-14(2,3)19-10-12(16)15(9-13(17)18)11-7-5-4-6-8-11/h4-8H,9-10H2,1-3H3,(H,17,18). The highest BCUT2D eigenvalue weighted by atomic mass is 16.5. The number of anilines is 1. The fraction of sp³-hybridized carbons (Fsp3) is 0.429. The van der Waals surface area contributed by atoms with Crippen LogP contribution < -0.4 is 4.90 Å². The lowest BCUT2D eigenvalue weighted by molar-refractivity contribution is -0.137. The van der Waals surface area contributed by atoms with Crippen molar-refractivity contribution in [3.8, 4) is 0 Å². The second-order valence-corrected chi connectivity index (χ2v) is 5.11. The largest absolute Gasteiger partial charge is 0.480 e. The minimum atomic E-state index is -1.06. The Labute approximate surface area is 112 Å². The van der Waals surface area contributed by atoms with Gasteiger partial charge in [0.05, 0.1) is 5.60 Å². The van der Waals surface area contributed by atoms with E-state index in [1.54, 1.807) is 30.3 Å². The van der Waals surface area contributed by atoms with Crippen LogP contribution in [-0.2, 0) is 14.3 Å². The summed E-state index contributed by atoms with van der Waals surface area (Å²) >= 11 is 0. The van der Waals surface area contributed by atoms with Crippen molar-refractivity contribution in [3.05, 3.63) is 30.3 Å². The maximum Gasteiger partial charge on any atom is 0.323 e. The highest BCUT2D eigenvalue weighted by Crippen LogP contribution is 2.14. The van der Waals surface area contributed by atoms with Gasteiger partial charge in [-0.15, -0.1) is 0 Å². The van der Waals surface area contributed by atoms with Crippen LogP contribution in [0.1, 0.15) is 20.8 Å². The third-order valence-corrected chi connectivity index (χ3v) is 2.29. The number of benzene rings is 1. The van der Waals surface area contributed by atoms with Crippen LogP contribution >= 0.6 is 0 Å². The van der Waals surface area contributed by atoms with Crippen LogP contribution in [0.2, 0.25) is 0 Å². The summed E-state index contributed by atoms with van der Waals surface area (Å²) in [5, 5.41) is 8.89. The van der Waals surface area contributed by atoms with Crippen molar-refractivity contribution in [3.63, 3.8) is 0 Å². The SMILES string of the molecule is CC(C)(C)OCC(=O)N(CC(=O)O)c1ccccc1. The Morgan fingerprint density at radius 1 is 1.21 bits per heavy atom. The van der Waals surface area contributed by atoms with E-state index in [0.29, 0.717) is 5.69 Å². The Kier molecular flexibility index (Phi) is 5.06. The minimum absolute atomic E-state index is 0.147. The van der Waals surface area contributed by atoms with E-state index < -0.39 is 11.6 Å². The fourth-order valence-corrected chi connectivity index (χ4v) is 1.42. The van der Waals surface area contributed by atoms with Crippen molar-refractivity contribution in [1.29, 1.82) is 0 Å². The lowest BCUT2D eigenvalue weighted by Crippen LogP contribution is -2.39. The lowest BCUT2D eigenvalue weighted by Gasteiger charge is -2.24. The molecule has 0 saturated heterocycles. The average Bonchev–Trinajstić information content (AvgIpc) is 2.33. The summed E-state index contributed by atoms with van der Waals surface area (Å²) in [6.07, 6.45) is 0. The van der Waals surface area contributed by atoms with Crippen LogP contribution in [0, 0.1) is 0 Å². The number of carboxylic acids is 1. The monoisotopic (exact) mass is 265 g/mol. The van der Waals surface area contributed by atoms with Crippen molar-refractivity contribution in [2.24, 2.45) is 0 Å².